The number of hydrogen-bond donors (Lipinski definition) is 10. The summed E-state index contributed by atoms with van der Waals surface area (Å²) < 4.78 is 54.2. The number of methoxy groups -OCH3 is 1. The van der Waals surface area contributed by atoms with Gasteiger partial charge in [-0.2, -0.15) is 20.0 Å². The number of nitrogens with zero attached hydrogens (tertiary/aromatic N) is 24. The molecule has 131 heavy (non-hydrogen) atoms. The SMILES string of the molecule is BrCc1cn[nH]c1.CC(C)(C)OC(=O)N/C=C(\C=N)CB1OC(C)(C)C(C)(C)O1.CC(C)(C)OC(=O)n1cc([B]OC(C)(C)C(C)(C)O)cn1.CNc1cc(B2OCC(C)(C)CO2)c2nnn(C)c2n1.CNc1cc(Br)c2nnn(C)c2n1.CNc1cc(C(=O)OC)c2nnn(C)c2n1.CNc1cc(CBr)c2nnn(C)c2n1.CNc1cc(Cc2cn[nH]c2)c2nnn(C)c2n1. The third-order valence-corrected chi connectivity index (χ3v) is 21.6. The molecule has 1 amide bonds. The molecule has 2 aliphatic rings. The molecule has 10 N–H and O–H groups in total. The molecule has 0 aliphatic carbocycles. The van der Waals surface area contributed by atoms with Crippen molar-refractivity contribution in [3.05, 3.63) is 112 Å². The Bertz CT molecular complexity index is 5970. The number of alkyl carbamates (subject to hydrolysis) is 1. The lowest BCUT2D eigenvalue weighted by atomic mass is 9.75. The molecule has 703 valence electrons. The van der Waals surface area contributed by atoms with Gasteiger partial charge in [0.2, 0.25) is 0 Å². The highest BCUT2D eigenvalue weighted by Gasteiger charge is 2.51. The summed E-state index contributed by atoms with van der Waals surface area (Å²) in [5, 5.41) is 93.6. The molecule has 0 atom stereocenters. The number of ether oxygens (including phenoxy) is 3. The Balaban J connectivity index is 0.000000187. The highest BCUT2D eigenvalue weighted by molar-refractivity contribution is 9.10. The normalized spacial score (nSPS) is 13.9. The molecule has 0 aromatic carbocycles. The van der Waals surface area contributed by atoms with Gasteiger partial charge in [-0.25, -0.2) is 62.7 Å². The van der Waals surface area contributed by atoms with Gasteiger partial charge in [-0.05, 0) is 171 Å². The van der Waals surface area contributed by atoms with E-state index in [1.54, 1.807) is 114 Å². The number of aromatic nitrogens is 26. The van der Waals surface area contributed by atoms with Crippen molar-refractivity contribution in [1.82, 2.24) is 135 Å². The minimum Gasteiger partial charge on any atom is -0.465 e. The van der Waals surface area contributed by atoms with Crippen LogP contribution in [0.2, 0.25) is 6.32 Å². The quantitative estimate of drug-likeness (QED) is 0.0118. The van der Waals surface area contributed by atoms with E-state index in [9.17, 15) is 19.5 Å². The zero-order valence-electron chi connectivity index (χ0n) is 78.8. The number of amides is 1. The van der Waals surface area contributed by atoms with Crippen molar-refractivity contribution in [1.29, 1.82) is 5.41 Å². The number of aromatic amines is 2. The molecule has 15 heterocycles. The zero-order chi connectivity index (χ0) is 96.9. The molecule has 0 bridgehead atoms. The molecule has 0 saturated carbocycles. The Morgan fingerprint density at radius 3 is 1.47 bits per heavy atom. The van der Waals surface area contributed by atoms with E-state index in [2.05, 4.69) is 200 Å². The van der Waals surface area contributed by atoms with Crippen LogP contribution in [0.3, 0.4) is 0 Å². The number of alkyl halides is 2. The van der Waals surface area contributed by atoms with Crippen molar-refractivity contribution >= 4 is 190 Å². The van der Waals surface area contributed by atoms with Crippen molar-refractivity contribution in [2.24, 2.45) is 40.7 Å². The zero-order valence-corrected chi connectivity index (χ0v) is 83.5. The van der Waals surface area contributed by atoms with E-state index in [0.717, 1.165) is 111 Å². The second-order valence-corrected chi connectivity index (χ2v) is 36.3. The van der Waals surface area contributed by atoms with Crippen LogP contribution in [-0.4, -0.2) is 270 Å². The number of rotatable bonds is 19. The average Bonchev–Trinajstić information content (AvgIpc) is 1.66. The number of hydrogen-bond acceptors (Lipinski definition) is 36. The molecule has 2 aliphatic heterocycles. The highest BCUT2D eigenvalue weighted by Crippen LogP contribution is 2.39. The average molecular weight is 2000 g/mol. The molecule has 45 nitrogen and oxygen atoms in total. The van der Waals surface area contributed by atoms with Gasteiger partial charge in [0.15, 0.2) is 28.2 Å². The van der Waals surface area contributed by atoms with Crippen LogP contribution in [-0.2, 0) is 89.8 Å². The van der Waals surface area contributed by atoms with Gasteiger partial charge < -0.3 is 74.6 Å². The fourth-order valence-corrected chi connectivity index (χ4v) is 12.5. The van der Waals surface area contributed by atoms with Crippen molar-refractivity contribution in [2.75, 3.05) is 82.1 Å². The predicted octanol–water partition coefficient (Wildman–Crippen LogP) is 9.47. The molecule has 0 spiro atoms. The maximum absolute atomic E-state index is 11.8. The van der Waals surface area contributed by atoms with E-state index in [1.807, 2.05) is 127 Å². The van der Waals surface area contributed by atoms with E-state index in [0.29, 0.717) is 58.8 Å². The summed E-state index contributed by atoms with van der Waals surface area (Å²) in [6.07, 6.45) is 13.0. The number of aryl methyl sites for hydroxylation is 5. The van der Waals surface area contributed by atoms with E-state index < -0.39 is 66.0 Å². The number of esters is 1. The monoisotopic (exact) mass is 2000 g/mol. The number of halogens is 3. The van der Waals surface area contributed by atoms with Crippen molar-refractivity contribution in [3.63, 3.8) is 0 Å². The minimum atomic E-state index is -1.01. The third-order valence-electron chi connectivity index (χ3n) is 19.7. The summed E-state index contributed by atoms with van der Waals surface area (Å²) in [4.78, 5) is 56.8. The van der Waals surface area contributed by atoms with E-state index in [4.69, 9.17) is 38.2 Å². The van der Waals surface area contributed by atoms with Gasteiger partial charge in [0.25, 0.3) is 0 Å². The van der Waals surface area contributed by atoms with Crippen LogP contribution in [0.15, 0.2) is 83.8 Å². The summed E-state index contributed by atoms with van der Waals surface area (Å²) in [5.74, 6) is 3.30. The number of pyridine rings is 5. The molecule has 15 rings (SSSR count). The van der Waals surface area contributed by atoms with Crippen LogP contribution in [0.25, 0.3) is 55.8 Å². The van der Waals surface area contributed by atoms with Gasteiger partial charge in [-0.1, -0.05) is 71.8 Å². The maximum atomic E-state index is 11.8. The summed E-state index contributed by atoms with van der Waals surface area (Å²) in [7, 11) is 20.0. The first-order valence-electron chi connectivity index (χ1n) is 41.0. The Morgan fingerprint density at radius 2 is 1.02 bits per heavy atom. The predicted molar refractivity (Wildman–Crippen MR) is 512 cm³/mol. The standard InChI is InChI=1S/C15H27BN2O4.C14H24BN2O4.C12H18BN5O2.C11H13N7.C9H11N5O2.C8H10BrN5.C7H8BrN5.C4H5BrN2/c1-13(2,3)20-12(19)18-10-11(9-17)8-16-21-14(4,5)15(6,7)22-16;1-12(2,3)20-11(18)17-9-10(8-16-17)15-21-14(6,7)13(4,5)19;1-12(2)6-19-13(20-7-12)8-5-9(14-3)15-11-10(8)16-17-18(11)4;1-12-9-4-8(3-7-5-13-14-6-7)10-11(15-9)18(2)17-16-10;1-10-6-4-5(9(15)16-3)7-8(11-6)14(2)13-12-7;1-10-6-3-5(4-9)7-8(11-6)14(2)13-12-7;1-9-5-3-4(8)6-7(10-5)13(2)12-11-6;5-1-4-2-6-7-3-4/h9-10,17H,8H2,1-7H3,(H,18,19);8-9,19H,1-7H3;5H,6-7H2,1-4H3,(H,14,15);4-6H,3H2,1-2H3,(H,12,15)(H,13,14);4H,1-3H3,(H,10,11);3H,4H2,1-2H3,(H,10,11);3H,1-2H3,(H,9,10);2-3H,1H2,(H,6,7)/b11-10-,17-9?;;;;;;;. The molecule has 13 aromatic rings. The van der Waals surface area contributed by atoms with Crippen molar-refractivity contribution in [2.45, 2.75) is 168 Å². The maximum Gasteiger partial charge on any atom is 0.496 e. The number of anilines is 5. The number of fused-ring (bicyclic) bond motifs is 5. The van der Waals surface area contributed by atoms with E-state index >= 15 is 0 Å². The lowest BCUT2D eigenvalue weighted by molar-refractivity contribution is -0.0893. The largest absolute Gasteiger partial charge is 0.496 e. The molecule has 1 radical (unpaired) electrons. The fourth-order valence-electron chi connectivity index (χ4n) is 11.3. The van der Waals surface area contributed by atoms with Gasteiger partial charge in [0.1, 0.15) is 67.9 Å². The number of carbonyl (C=O) groups is 3. The lowest BCUT2D eigenvalue weighted by Gasteiger charge is -2.37. The van der Waals surface area contributed by atoms with Gasteiger partial charge in [0, 0.05) is 161 Å². The third kappa shape index (κ3) is 28.9. The molecular weight excluding hydrogens is 1890 g/mol. The summed E-state index contributed by atoms with van der Waals surface area (Å²) in [6.45, 7) is 31.1. The van der Waals surface area contributed by atoms with Crippen LogP contribution in [0.4, 0.5) is 38.7 Å². The number of H-pyrrole nitrogens is 2. The number of nitrogens with one attached hydrogen (secondary N) is 9. The van der Waals surface area contributed by atoms with Crippen LogP contribution in [0.1, 0.15) is 143 Å². The van der Waals surface area contributed by atoms with E-state index in [-0.39, 0.29) is 5.41 Å². The van der Waals surface area contributed by atoms with Gasteiger partial charge in [0.05, 0.1) is 51.9 Å². The molecule has 51 heteroatoms. The Kier molecular flexibility index (Phi) is 36.4. The van der Waals surface area contributed by atoms with Crippen LogP contribution < -0.4 is 42.8 Å². The second kappa shape index (κ2) is 45.5. The minimum absolute atomic E-state index is 0.0385. The van der Waals surface area contributed by atoms with Crippen LogP contribution >= 0.6 is 47.8 Å². The van der Waals surface area contributed by atoms with E-state index in [1.165, 1.54) is 49.6 Å². The molecule has 13 aromatic heterocycles. The number of carbonyl (C=O) groups excluding carboxylic acids is 3. The van der Waals surface area contributed by atoms with Crippen LogP contribution in [0, 0.1) is 10.8 Å². The topological polar surface area (TPSA) is 534 Å². The Hall–Kier alpha value is -11.6. The van der Waals surface area contributed by atoms with Crippen molar-refractivity contribution < 1.29 is 57.0 Å². The first kappa shape index (κ1) is 105. The smallest absolute Gasteiger partial charge is 0.465 e. The second-order valence-electron chi connectivity index (χ2n) is 34.3. The molecule has 2 fully saturated rings. The Morgan fingerprint density at radius 1 is 0.588 bits per heavy atom. The molecule has 0 unspecified atom stereocenters. The first-order chi connectivity index (χ1) is 61.5. The highest BCUT2D eigenvalue weighted by atomic mass is 79.9. The van der Waals surface area contributed by atoms with Crippen LogP contribution in [0.5, 0.6) is 0 Å². The van der Waals surface area contributed by atoms with Crippen molar-refractivity contribution in [3.8, 4) is 0 Å². The first-order valence-corrected chi connectivity index (χ1v) is 44.1. The number of allylic oxidation sites excluding steroid dienone is 1. The number of aliphatic hydroxyl groups is 1. The molecular formula is C80H116B3Br3N33O12. The lowest BCUT2D eigenvalue weighted by Crippen LogP contribution is -2.49. The fraction of sp³-hybridized carbons (Fsp3) is 0.500. The summed E-state index contributed by atoms with van der Waals surface area (Å²) >= 11 is 10.1. The Labute approximate surface area is 784 Å². The summed E-state index contributed by atoms with van der Waals surface area (Å²) in [6, 6.07) is 9.32. The van der Waals surface area contributed by atoms with Gasteiger partial charge >= 0.3 is 39.9 Å². The molecule has 2 saturated heterocycles. The van der Waals surface area contributed by atoms with Gasteiger partial charge in [-0.3, -0.25) is 15.5 Å². The van der Waals surface area contributed by atoms with Gasteiger partial charge in [-0.15, -0.1) is 25.5 Å². The summed E-state index contributed by atoms with van der Waals surface area (Å²) in [5.41, 5.74) is 10.4.